The summed E-state index contributed by atoms with van der Waals surface area (Å²) in [6, 6.07) is 0.625. The zero-order chi connectivity index (χ0) is 22.2. The van der Waals surface area contributed by atoms with Crippen molar-refractivity contribution in [3.63, 3.8) is 0 Å². The van der Waals surface area contributed by atoms with Crippen molar-refractivity contribution in [1.82, 2.24) is 15.0 Å². The van der Waals surface area contributed by atoms with Gasteiger partial charge in [-0.2, -0.15) is 15.0 Å². The molecule has 5 rings (SSSR count). The minimum atomic E-state index is 0.0250. The number of aromatic nitrogens is 3. The number of nitrogens with two attached hydrogens (primary N) is 4. The largest absolute Gasteiger partial charge is 0.338 e. The molecule has 1 aromatic heterocycles. The SMILES string of the molecule is NC1CC(N)CN(c2nc(N3CC(N)CC(N)C3)nc(N3CCCC4CCCCC43)n2)C1. The van der Waals surface area contributed by atoms with Crippen molar-refractivity contribution < 1.29 is 0 Å². The predicted molar refractivity (Wildman–Crippen MR) is 128 cm³/mol. The minimum absolute atomic E-state index is 0.0250. The lowest BCUT2D eigenvalue weighted by Gasteiger charge is -2.44. The summed E-state index contributed by atoms with van der Waals surface area (Å²) in [5, 5.41) is 0. The Morgan fingerprint density at radius 2 is 1.06 bits per heavy atom. The summed E-state index contributed by atoms with van der Waals surface area (Å²) >= 11 is 0. The molecule has 1 aliphatic carbocycles. The Balaban J connectivity index is 1.50. The molecule has 4 aliphatic rings. The Labute approximate surface area is 191 Å². The molecule has 3 saturated heterocycles. The molecule has 4 heterocycles. The van der Waals surface area contributed by atoms with E-state index in [4.69, 9.17) is 37.9 Å². The van der Waals surface area contributed by atoms with Gasteiger partial charge in [0.1, 0.15) is 0 Å². The van der Waals surface area contributed by atoms with Crippen LogP contribution in [0.4, 0.5) is 17.8 Å². The first-order valence-electron chi connectivity index (χ1n) is 12.5. The van der Waals surface area contributed by atoms with Crippen molar-refractivity contribution >= 4 is 17.8 Å². The molecule has 32 heavy (non-hydrogen) atoms. The molecule has 10 nitrogen and oxygen atoms in total. The van der Waals surface area contributed by atoms with Gasteiger partial charge < -0.3 is 37.6 Å². The molecule has 178 valence electrons. The Morgan fingerprint density at radius 3 is 1.62 bits per heavy atom. The van der Waals surface area contributed by atoms with E-state index in [9.17, 15) is 0 Å². The van der Waals surface area contributed by atoms with E-state index in [2.05, 4.69) is 14.7 Å². The fourth-order valence-corrected chi connectivity index (χ4v) is 6.31. The van der Waals surface area contributed by atoms with Crippen molar-refractivity contribution in [3.8, 4) is 0 Å². The van der Waals surface area contributed by atoms with E-state index in [1.54, 1.807) is 0 Å². The van der Waals surface area contributed by atoms with Crippen molar-refractivity contribution in [2.45, 2.75) is 81.6 Å². The van der Waals surface area contributed by atoms with Crippen LogP contribution in [0, 0.1) is 5.92 Å². The quantitative estimate of drug-likeness (QED) is 0.491. The molecule has 0 amide bonds. The fraction of sp³-hybridized carbons (Fsp3) is 0.864. The summed E-state index contributed by atoms with van der Waals surface area (Å²) in [4.78, 5) is 21.6. The molecule has 6 unspecified atom stereocenters. The molecular weight excluding hydrogens is 404 g/mol. The van der Waals surface area contributed by atoms with Gasteiger partial charge in [0.05, 0.1) is 0 Å². The number of hydrogen-bond acceptors (Lipinski definition) is 10. The number of hydrogen-bond donors (Lipinski definition) is 4. The number of piperidine rings is 3. The average Bonchev–Trinajstić information content (AvgIpc) is 2.77. The zero-order valence-corrected chi connectivity index (χ0v) is 19.1. The number of rotatable bonds is 3. The highest BCUT2D eigenvalue weighted by Gasteiger charge is 2.36. The van der Waals surface area contributed by atoms with E-state index in [0.717, 1.165) is 31.3 Å². The molecule has 3 aliphatic heterocycles. The Morgan fingerprint density at radius 1 is 0.594 bits per heavy atom. The van der Waals surface area contributed by atoms with Crippen molar-refractivity contribution in [2.24, 2.45) is 28.9 Å². The third-order valence-corrected chi connectivity index (χ3v) is 7.70. The van der Waals surface area contributed by atoms with Gasteiger partial charge in [-0.1, -0.05) is 12.8 Å². The topological polar surface area (TPSA) is 152 Å². The zero-order valence-electron chi connectivity index (χ0n) is 19.1. The fourth-order valence-electron chi connectivity index (χ4n) is 6.31. The summed E-state index contributed by atoms with van der Waals surface area (Å²) < 4.78 is 0. The van der Waals surface area contributed by atoms with Gasteiger partial charge in [-0.25, -0.2) is 0 Å². The van der Waals surface area contributed by atoms with Crippen LogP contribution < -0.4 is 37.6 Å². The van der Waals surface area contributed by atoms with Gasteiger partial charge in [-0.05, 0) is 44.4 Å². The number of nitrogens with zero attached hydrogens (tertiary/aromatic N) is 6. The summed E-state index contributed by atoms with van der Waals surface area (Å²) in [6.45, 7) is 3.84. The molecule has 4 fully saturated rings. The first-order valence-corrected chi connectivity index (χ1v) is 12.5. The molecule has 6 atom stereocenters. The van der Waals surface area contributed by atoms with E-state index in [1.807, 2.05) is 0 Å². The third kappa shape index (κ3) is 4.64. The van der Waals surface area contributed by atoms with Crippen LogP contribution in [0.1, 0.15) is 51.4 Å². The minimum Gasteiger partial charge on any atom is -0.338 e. The van der Waals surface area contributed by atoms with Gasteiger partial charge in [0.15, 0.2) is 0 Å². The van der Waals surface area contributed by atoms with Crippen LogP contribution in [0.5, 0.6) is 0 Å². The first-order chi connectivity index (χ1) is 15.5. The van der Waals surface area contributed by atoms with Gasteiger partial charge in [-0.3, -0.25) is 0 Å². The number of fused-ring (bicyclic) bond motifs is 1. The van der Waals surface area contributed by atoms with Gasteiger partial charge in [-0.15, -0.1) is 0 Å². The van der Waals surface area contributed by atoms with E-state index in [-0.39, 0.29) is 24.2 Å². The summed E-state index contributed by atoms with van der Waals surface area (Å²) in [5.41, 5.74) is 25.2. The molecule has 8 N–H and O–H groups in total. The third-order valence-electron chi connectivity index (χ3n) is 7.70. The van der Waals surface area contributed by atoms with Crippen molar-refractivity contribution in [3.05, 3.63) is 0 Å². The van der Waals surface area contributed by atoms with Crippen LogP contribution in [0.2, 0.25) is 0 Å². The second-order valence-electron chi connectivity index (χ2n) is 10.5. The Kier molecular flexibility index (Phi) is 6.37. The van der Waals surface area contributed by atoms with E-state index < -0.39 is 0 Å². The second-order valence-corrected chi connectivity index (χ2v) is 10.5. The van der Waals surface area contributed by atoms with Crippen molar-refractivity contribution in [2.75, 3.05) is 47.4 Å². The van der Waals surface area contributed by atoms with Gasteiger partial charge in [0.2, 0.25) is 17.8 Å². The summed E-state index contributed by atoms with van der Waals surface area (Å²) in [6.07, 6.45) is 9.33. The van der Waals surface area contributed by atoms with Crippen molar-refractivity contribution in [1.29, 1.82) is 0 Å². The van der Waals surface area contributed by atoms with Gasteiger partial charge >= 0.3 is 0 Å². The maximum Gasteiger partial charge on any atom is 0.232 e. The molecule has 0 aromatic carbocycles. The highest BCUT2D eigenvalue weighted by molar-refractivity contribution is 5.48. The molecule has 1 aromatic rings. The molecule has 0 spiro atoms. The molecule has 0 bridgehead atoms. The lowest BCUT2D eigenvalue weighted by molar-refractivity contribution is 0.241. The summed E-state index contributed by atoms with van der Waals surface area (Å²) in [5.74, 6) is 2.90. The molecule has 10 heteroatoms. The molecule has 1 saturated carbocycles. The van der Waals surface area contributed by atoms with Gasteiger partial charge in [0, 0.05) is 62.9 Å². The second kappa shape index (κ2) is 9.24. The Hall–Kier alpha value is -1.75. The molecule has 0 radical (unpaired) electrons. The lowest BCUT2D eigenvalue weighted by Crippen LogP contribution is -2.54. The van der Waals surface area contributed by atoms with Gasteiger partial charge in [0.25, 0.3) is 0 Å². The van der Waals surface area contributed by atoms with Crippen LogP contribution >= 0.6 is 0 Å². The maximum atomic E-state index is 6.29. The lowest BCUT2D eigenvalue weighted by atomic mass is 9.78. The highest BCUT2D eigenvalue weighted by atomic mass is 15.4. The van der Waals surface area contributed by atoms with Crippen LogP contribution in [0.15, 0.2) is 0 Å². The molecular formula is C22H40N10. The normalized spacial score (nSPS) is 36.2. The highest BCUT2D eigenvalue weighted by Crippen LogP contribution is 2.37. The van der Waals surface area contributed by atoms with E-state index >= 15 is 0 Å². The smallest absolute Gasteiger partial charge is 0.232 e. The monoisotopic (exact) mass is 444 g/mol. The van der Waals surface area contributed by atoms with E-state index in [0.29, 0.717) is 44.1 Å². The van der Waals surface area contributed by atoms with Crippen LogP contribution in [-0.2, 0) is 0 Å². The standard InChI is InChI=1S/C22H40N10/c23-15-8-16(24)11-30(10-15)20-27-21(31-12-17(25)9-18(26)13-31)29-22(28-20)32-7-3-5-14-4-1-2-6-19(14)32/h14-19H,1-13,23-26H2. The first kappa shape index (κ1) is 22.1. The average molecular weight is 445 g/mol. The van der Waals surface area contributed by atoms with Crippen LogP contribution in [0.25, 0.3) is 0 Å². The van der Waals surface area contributed by atoms with Crippen LogP contribution in [0.3, 0.4) is 0 Å². The predicted octanol–water partition coefficient (Wildman–Crippen LogP) is -0.240. The number of anilines is 3. The van der Waals surface area contributed by atoms with E-state index in [1.165, 1.54) is 38.5 Å². The maximum absolute atomic E-state index is 6.29. The van der Waals surface area contributed by atoms with Crippen LogP contribution in [-0.4, -0.2) is 77.9 Å². The summed E-state index contributed by atoms with van der Waals surface area (Å²) in [7, 11) is 0. The Bertz CT molecular complexity index is 724.